The molecule has 0 aromatic carbocycles. The van der Waals surface area contributed by atoms with Crippen molar-refractivity contribution in [2.45, 2.75) is 19.9 Å². The molecule has 4 nitrogen and oxygen atoms in total. The minimum Gasteiger partial charge on any atom is -0.368 e. The summed E-state index contributed by atoms with van der Waals surface area (Å²) in [5, 5.41) is 4.10. The van der Waals surface area contributed by atoms with Crippen LogP contribution in [0.15, 0.2) is 4.99 Å². The minimum atomic E-state index is -0.386. The van der Waals surface area contributed by atoms with E-state index in [1.165, 1.54) is 0 Å². The Balaban J connectivity index is 2.40. The topological polar surface area (TPSA) is 67.5 Å². The fourth-order valence-corrected chi connectivity index (χ4v) is 2.21. The number of nitrogens with two attached hydrogens (primary N) is 1. The number of aliphatic imine (C=N–C) groups is 1. The summed E-state index contributed by atoms with van der Waals surface area (Å²) in [6.45, 7) is 4.41. The van der Waals surface area contributed by atoms with E-state index in [4.69, 9.17) is 5.73 Å². The van der Waals surface area contributed by atoms with E-state index in [0.717, 1.165) is 10.9 Å². The van der Waals surface area contributed by atoms with Crippen LogP contribution in [0.4, 0.5) is 0 Å². The second kappa shape index (κ2) is 4.50. The van der Waals surface area contributed by atoms with Gasteiger partial charge in [-0.3, -0.25) is 9.79 Å². The summed E-state index contributed by atoms with van der Waals surface area (Å²) in [7, 11) is 0. The second-order valence-electron chi connectivity index (χ2n) is 3.39. The Hall–Kier alpha value is -0.710. The van der Waals surface area contributed by atoms with Gasteiger partial charge in [0, 0.05) is 11.8 Å². The average Bonchev–Trinajstić information content (AvgIpc) is 2.48. The first-order valence-corrected chi connectivity index (χ1v) is 5.30. The summed E-state index contributed by atoms with van der Waals surface area (Å²) in [5.41, 5.74) is 4.98. The molecular weight excluding hydrogens is 186 g/mol. The molecule has 5 heteroatoms. The molecular formula is C8H15N3OS. The number of hydrogen-bond donors (Lipinski definition) is 2. The average molecular weight is 201 g/mol. The lowest BCUT2D eigenvalue weighted by Crippen LogP contribution is -2.32. The van der Waals surface area contributed by atoms with E-state index in [0.29, 0.717) is 12.0 Å². The van der Waals surface area contributed by atoms with Crippen LogP contribution in [0, 0.1) is 5.92 Å². The Labute approximate surface area is 82.4 Å². The first-order chi connectivity index (χ1) is 6.09. The highest BCUT2D eigenvalue weighted by Crippen LogP contribution is 2.18. The van der Waals surface area contributed by atoms with Crippen LogP contribution in [0.3, 0.4) is 0 Å². The molecule has 0 aliphatic carbocycles. The molecule has 0 aromatic heterocycles. The van der Waals surface area contributed by atoms with Gasteiger partial charge in [0.2, 0.25) is 5.91 Å². The maximum atomic E-state index is 10.4. The van der Waals surface area contributed by atoms with Gasteiger partial charge >= 0.3 is 0 Å². The van der Waals surface area contributed by atoms with Gasteiger partial charge < -0.3 is 11.1 Å². The van der Waals surface area contributed by atoms with Gasteiger partial charge in [-0.1, -0.05) is 25.6 Å². The number of carbonyl (C=O) groups is 1. The lowest BCUT2D eigenvalue weighted by Gasteiger charge is -2.12. The zero-order chi connectivity index (χ0) is 9.84. The van der Waals surface area contributed by atoms with E-state index in [1.807, 2.05) is 0 Å². The monoisotopic (exact) mass is 201 g/mol. The molecule has 13 heavy (non-hydrogen) atoms. The van der Waals surface area contributed by atoms with Gasteiger partial charge in [0.15, 0.2) is 5.17 Å². The van der Waals surface area contributed by atoms with Crippen LogP contribution in [-0.2, 0) is 4.79 Å². The molecule has 1 heterocycles. The van der Waals surface area contributed by atoms with Crippen molar-refractivity contribution in [2.24, 2.45) is 16.6 Å². The van der Waals surface area contributed by atoms with Crippen molar-refractivity contribution in [2.75, 3.05) is 12.3 Å². The van der Waals surface area contributed by atoms with E-state index in [-0.39, 0.29) is 12.5 Å². The zero-order valence-corrected chi connectivity index (χ0v) is 8.73. The van der Waals surface area contributed by atoms with Gasteiger partial charge in [0.25, 0.3) is 0 Å². The largest absolute Gasteiger partial charge is 0.368 e. The predicted molar refractivity (Wildman–Crippen MR) is 55.7 cm³/mol. The standard InChI is InChI=1S/C8H15N3OS/c1-5(2)6-4-13-8(11-6)10-3-7(9)12/h5-6H,3-4H2,1-2H3,(H2,9,12)(H,10,11). The van der Waals surface area contributed by atoms with Gasteiger partial charge in [-0.05, 0) is 5.92 Å². The van der Waals surface area contributed by atoms with Crippen molar-refractivity contribution in [1.29, 1.82) is 0 Å². The third kappa shape index (κ3) is 3.26. The van der Waals surface area contributed by atoms with Crippen molar-refractivity contribution < 1.29 is 4.79 Å². The molecule has 3 N–H and O–H groups in total. The molecule has 0 bridgehead atoms. The lowest BCUT2D eigenvalue weighted by atomic mass is 10.1. The number of nitrogens with zero attached hydrogens (tertiary/aromatic N) is 1. The third-order valence-electron chi connectivity index (χ3n) is 1.89. The van der Waals surface area contributed by atoms with Crippen LogP contribution in [0.5, 0.6) is 0 Å². The third-order valence-corrected chi connectivity index (χ3v) is 2.94. The molecule has 1 rings (SSSR count). The first-order valence-electron chi connectivity index (χ1n) is 4.31. The lowest BCUT2D eigenvalue weighted by molar-refractivity contribution is -0.116. The van der Waals surface area contributed by atoms with Gasteiger partial charge in [-0.25, -0.2) is 0 Å². The highest BCUT2D eigenvalue weighted by atomic mass is 32.2. The molecule has 1 saturated heterocycles. The van der Waals surface area contributed by atoms with E-state index in [2.05, 4.69) is 24.2 Å². The summed E-state index contributed by atoms with van der Waals surface area (Å²) >= 11 is 1.65. The predicted octanol–water partition coefficient (Wildman–Crippen LogP) is 0.189. The van der Waals surface area contributed by atoms with Crippen molar-refractivity contribution in [1.82, 2.24) is 5.32 Å². The van der Waals surface area contributed by atoms with Gasteiger partial charge in [0.05, 0.1) is 0 Å². The molecule has 1 fully saturated rings. The molecule has 1 amide bonds. The van der Waals surface area contributed by atoms with Gasteiger partial charge in [-0.15, -0.1) is 0 Å². The van der Waals surface area contributed by atoms with Crippen LogP contribution in [-0.4, -0.2) is 29.4 Å². The van der Waals surface area contributed by atoms with E-state index in [9.17, 15) is 4.79 Å². The second-order valence-corrected chi connectivity index (χ2v) is 4.40. The summed E-state index contributed by atoms with van der Waals surface area (Å²) < 4.78 is 0. The zero-order valence-electron chi connectivity index (χ0n) is 7.91. The molecule has 1 unspecified atom stereocenters. The molecule has 0 spiro atoms. The number of rotatable bonds is 3. The fraction of sp³-hybridized carbons (Fsp3) is 0.750. The quantitative estimate of drug-likeness (QED) is 0.685. The van der Waals surface area contributed by atoms with Crippen LogP contribution in [0.2, 0.25) is 0 Å². The highest BCUT2D eigenvalue weighted by Gasteiger charge is 2.22. The van der Waals surface area contributed by atoms with Crippen LogP contribution < -0.4 is 11.1 Å². The van der Waals surface area contributed by atoms with E-state index in [1.54, 1.807) is 11.8 Å². The maximum Gasteiger partial charge on any atom is 0.239 e. The number of primary amides is 1. The number of carbonyl (C=O) groups excluding carboxylic acids is 1. The molecule has 1 aliphatic rings. The van der Waals surface area contributed by atoms with Crippen molar-refractivity contribution >= 4 is 22.8 Å². The van der Waals surface area contributed by atoms with Crippen molar-refractivity contribution in [3.05, 3.63) is 0 Å². The summed E-state index contributed by atoms with van der Waals surface area (Å²) in [5.74, 6) is 1.23. The SMILES string of the molecule is CC(C)C1CSC(=NCC(N)=O)N1. The number of thioether (sulfide) groups is 1. The summed E-state index contributed by atoms with van der Waals surface area (Å²) in [6.07, 6.45) is 0. The Kier molecular flexibility index (Phi) is 3.59. The van der Waals surface area contributed by atoms with Crippen molar-refractivity contribution in [3.8, 4) is 0 Å². The summed E-state index contributed by atoms with van der Waals surface area (Å²) in [6, 6.07) is 0.469. The number of hydrogen-bond acceptors (Lipinski definition) is 3. The number of nitrogens with one attached hydrogen (secondary N) is 1. The normalized spacial score (nSPS) is 25.2. The number of amidine groups is 1. The fourth-order valence-electron chi connectivity index (χ4n) is 1.01. The molecule has 0 radical (unpaired) electrons. The van der Waals surface area contributed by atoms with Crippen molar-refractivity contribution in [3.63, 3.8) is 0 Å². The van der Waals surface area contributed by atoms with Crippen LogP contribution in [0.25, 0.3) is 0 Å². The van der Waals surface area contributed by atoms with Gasteiger partial charge in [0.1, 0.15) is 6.54 Å². The highest BCUT2D eigenvalue weighted by molar-refractivity contribution is 8.14. The Bertz CT molecular complexity index is 227. The Morgan fingerprint density at radius 3 is 3.00 bits per heavy atom. The smallest absolute Gasteiger partial charge is 0.239 e. The maximum absolute atomic E-state index is 10.4. The van der Waals surface area contributed by atoms with Crippen LogP contribution >= 0.6 is 11.8 Å². The van der Waals surface area contributed by atoms with Gasteiger partial charge in [-0.2, -0.15) is 0 Å². The molecule has 0 saturated carbocycles. The van der Waals surface area contributed by atoms with Crippen LogP contribution in [0.1, 0.15) is 13.8 Å². The first kappa shape index (κ1) is 10.4. The molecule has 74 valence electrons. The molecule has 1 atom stereocenters. The molecule has 0 aromatic rings. The summed E-state index contributed by atoms with van der Waals surface area (Å²) in [4.78, 5) is 14.5. The minimum absolute atomic E-state index is 0.0835. The number of amides is 1. The van der Waals surface area contributed by atoms with E-state index >= 15 is 0 Å². The molecule has 1 aliphatic heterocycles. The Morgan fingerprint density at radius 2 is 2.54 bits per heavy atom. The van der Waals surface area contributed by atoms with E-state index < -0.39 is 0 Å². The Morgan fingerprint density at radius 1 is 1.85 bits per heavy atom.